The zero-order valence-corrected chi connectivity index (χ0v) is 15.3. The molecule has 7 heteroatoms. The quantitative estimate of drug-likeness (QED) is 0.750. The highest BCUT2D eigenvalue weighted by Gasteiger charge is 2.35. The largest absolute Gasteiger partial charge is 0.416 e. The zero-order chi connectivity index (χ0) is 18.9. The number of nitriles is 1. The summed E-state index contributed by atoms with van der Waals surface area (Å²) in [6.07, 6.45) is -3.62. The normalized spacial score (nSPS) is 17.0. The Morgan fingerprint density at radius 1 is 1.08 bits per heavy atom. The van der Waals surface area contributed by atoms with E-state index in [-0.39, 0.29) is 5.56 Å². The molecule has 2 aromatic rings. The maximum atomic E-state index is 12.8. The SMILES string of the molecule is N#Cc1cc(C(F)(F)F)ccc1N1CCC(O)(c2ccc(Br)cc2)CC1. The minimum Gasteiger partial charge on any atom is -0.385 e. The van der Waals surface area contributed by atoms with Crippen LogP contribution < -0.4 is 4.90 Å². The van der Waals surface area contributed by atoms with Gasteiger partial charge in [-0.1, -0.05) is 28.1 Å². The van der Waals surface area contributed by atoms with Crippen molar-refractivity contribution in [2.75, 3.05) is 18.0 Å². The predicted octanol–water partition coefficient (Wildman–Crippen LogP) is 4.83. The summed E-state index contributed by atoms with van der Waals surface area (Å²) >= 11 is 3.36. The van der Waals surface area contributed by atoms with E-state index in [1.54, 1.807) is 0 Å². The number of halogens is 4. The number of anilines is 1. The second-order valence-electron chi connectivity index (χ2n) is 6.37. The summed E-state index contributed by atoms with van der Waals surface area (Å²) in [7, 11) is 0. The summed E-state index contributed by atoms with van der Waals surface area (Å²) in [5.74, 6) is 0. The van der Waals surface area contributed by atoms with Crippen LogP contribution in [0.5, 0.6) is 0 Å². The number of hydrogen-bond donors (Lipinski definition) is 1. The second-order valence-corrected chi connectivity index (χ2v) is 7.28. The third-order valence-electron chi connectivity index (χ3n) is 4.76. The molecular weight excluding hydrogens is 409 g/mol. The molecule has 1 fully saturated rings. The number of rotatable bonds is 2. The molecule has 0 radical (unpaired) electrons. The van der Waals surface area contributed by atoms with Crippen LogP contribution in [-0.4, -0.2) is 18.2 Å². The average Bonchev–Trinajstić information content (AvgIpc) is 2.61. The first kappa shape index (κ1) is 18.7. The van der Waals surface area contributed by atoms with Gasteiger partial charge in [0.2, 0.25) is 0 Å². The molecule has 1 aliphatic rings. The van der Waals surface area contributed by atoms with E-state index in [0.29, 0.717) is 31.6 Å². The van der Waals surface area contributed by atoms with E-state index in [1.165, 1.54) is 6.07 Å². The Kier molecular flexibility index (Phi) is 5.00. The third kappa shape index (κ3) is 3.71. The number of piperidine rings is 1. The van der Waals surface area contributed by atoms with Gasteiger partial charge in [0.25, 0.3) is 0 Å². The fourth-order valence-electron chi connectivity index (χ4n) is 3.24. The van der Waals surface area contributed by atoms with Gasteiger partial charge in [-0.15, -0.1) is 0 Å². The van der Waals surface area contributed by atoms with Crippen LogP contribution in [0.1, 0.15) is 29.5 Å². The fraction of sp³-hybridized carbons (Fsp3) is 0.316. The summed E-state index contributed by atoms with van der Waals surface area (Å²) in [5, 5.41) is 20.2. The van der Waals surface area contributed by atoms with Crippen LogP contribution in [0.25, 0.3) is 0 Å². The van der Waals surface area contributed by atoms with Crippen LogP contribution >= 0.6 is 15.9 Å². The van der Waals surface area contributed by atoms with Crippen LogP contribution in [0.15, 0.2) is 46.9 Å². The molecule has 0 unspecified atom stereocenters. The van der Waals surface area contributed by atoms with E-state index in [1.807, 2.05) is 35.2 Å². The molecule has 0 amide bonds. The number of alkyl halides is 3. The first-order valence-electron chi connectivity index (χ1n) is 8.08. The van der Waals surface area contributed by atoms with Crippen LogP contribution in [0.3, 0.4) is 0 Å². The van der Waals surface area contributed by atoms with Crippen molar-refractivity contribution >= 4 is 21.6 Å². The first-order chi connectivity index (χ1) is 12.2. The average molecular weight is 425 g/mol. The Hall–Kier alpha value is -2.04. The molecule has 0 atom stereocenters. The van der Waals surface area contributed by atoms with Gasteiger partial charge >= 0.3 is 6.18 Å². The lowest BCUT2D eigenvalue weighted by Crippen LogP contribution is -2.43. The van der Waals surface area contributed by atoms with Gasteiger partial charge < -0.3 is 10.0 Å². The molecule has 0 spiro atoms. The van der Waals surface area contributed by atoms with Gasteiger partial charge in [0.05, 0.1) is 22.4 Å². The van der Waals surface area contributed by atoms with E-state index < -0.39 is 17.3 Å². The summed E-state index contributed by atoms with van der Waals surface area (Å²) in [6.45, 7) is 0.902. The fourth-order valence-corrected chi connectivity index (χ4v) is 3.51. The molecule has 1 aliphatic heterocycles. The molecule has 26 heavy (non-hydrogen) atoms. The molecule has 3 nitrogen and oxygen atoms in total. The molecule has 0 aromatic heterocycles. The minimum atomic E-state index is -4.48. The molecule has 136 valence electrons. The van der Waals surface area contributed by atoms with Crippen molar-refractivity contribution in [3.05, 3.63) is 63.6 Å². The smallest absolute Gasteiger partial charge is 0.385 e. The van der Waals surface area contributed by atoms with E-state index in [2.05, 4.69) is 15.9 Å². The van der Waals surface area contributed by atoms with Gasteiger partial charge in [-0.3, -0.25) is 0 Å². The number of aliphatic hydroxyl groups is 1. The van der Waals surface area contributed by atoms with E-state index in [9.17, 15) is 23.5 Å². The van der Waals surface area contributed by atoms with Gasteiger partial charge in [-0.2, -0.15) is 18.4 Å². The Labute approximate surface area is 157 Å². The zero-order valence-electron chi connectivity index (χ0n) is 13.7. The van der Waals surface area contributed by atoms with E-state index >= 15 is 0 Å². The molecular formula is C19H16BrF3N2O. The van der Waals surface area contributed by atoms with Crippen molar-refractivity contribution in [3.63, 3.8) is 0 Å². The van der Waals surface area contributed by atoms with Gasteiger partial charge in [-0.05, 0) is 48.7 Å². The minimum absolute atomic E-state index is 0.00564. The highest BCUT2D eigenvalue weighted by Crippen LogP contribution is 2.37. The summed E-state index contributed by atoms with van der Waals surface area (Å²) in [6, 6.07) is 12.5. The Bertz CT molecular complexity index is 835. The van der Waals surface area contributed by atoms with Gasteiger partial charge in [0.15, 0.2) is 0 Å². The van der Waals surface area contributed by atoms with Gasteiger partial charge in [-0.25, -0.2) is 0 Å². The van der Waals surface area contributed by atoms with E-state index in [4.69, 9.17) is 0 Å². The molecule has 3 rings (SSSR count). The highest BCUT2D eigenvalue weighted by molar-refractivity contribution is 9.10. The van der Waals surface area contributed by atoms with Crippen molar-refractivity contribution < 1.29 is 18.3 Å². The molecule has 0 aliphatic carbocycles. The van der Waals surface area contributed by atoms with Crippen molar-refractivity contribution in [1.82, 2.24) is 0 Å². The van der Waals surface area contributed by atoms with Crippen molar-refractivity contribution in [3.8, 4) is 6.07 Å². The Balaban J connectivity index is 1.80. The van der Waals surface area contributed by atoms with Crippen LogP contribution in [-0.2, 0) is 11.8 Å². The maximum absolute atomic E-state index is 12.8. The van der Waals surface area contributed by atoms with Crippen LogP contribution in [0.2, 0.25) is 0 Å². The van der Waals surface area contributed by atoms with Crippen molar-refractivity contribution in [2.45, 2.75) is 24.6 Å². The second kappa shape index (κ2) is 6.93. The lowest BCUT2D eigenvalue weighted by molar-refractivity contribution is -0.137. The van der Waals surface area contributed by atoms with Gasteiger partial charge in [0, 0.05) is 17.6 Å². The summed E-state index contributed by atoms with van der Waals surface area (Å²) in [5.41, 5.74) is -0.530. The molecule has 1 saturated heterocycles. The summed E-state index contributed by atoms with van der Waals surface area (Å²) in [4.78, 5) is 1.85. The third-order valence-corrected chi connectivity index (χ3v) is 5.29. The number of benzene rings is 2. The topological polar surface area (TPSA) is 47.3 Å². The Morgan fingerprint density at radius 2 is 1.69 bits per heavy atom. The maximum Gasteiger partial charge on any atom is 0.416 e. The predicted molar refractivity (Wildman–Crippen MR) is 95.6 cm³/mol. The monoisotopic (exact) mass is 424 g/mol. The van der Waals surface area contributed by atoms with E-state index in [0.717, 1.165) is 22.2 Å². The molecule has 1 heterocycles. The number of nitrogens with zero attached hydrogens (tertiary/aromatic N) is 2. The standard InChI is InChI=1S/C19H16BrF3N2O/c20-16-4-1-14(2-5-16)18(26)7-9-25(10-8-18)17-6-3-15(19(21,22)23)11-13(17)12-24/h1-6,11,26H,7-10H2. The molecule has 0 bridgehead atoms. The van der Waals surface area contributed by atoms with Crippen LogP contribution in [0, 0.1) is 11.3 Å². The first-order valence-corrected chi connectivity index (χ1v) is 8.87. The Morgan fingerprint density at radius 3 is 2.23 bits per heavy atom. The lowest BCUT2D eigenvalue weighted by Gasteiger charge is -2.40. The highest BCUT2D eigenvalue weighted by atomic mass is 79.9. The summed E-state index contributed by atoms with van der Waals surface area (Å²) < 4.78 is 39.4. The lowest BCUT2D eigenvalue weighted by atomic mass is 9.84. The van der Waals surface area contributed by atoms with Crippen LogP contribution in [0.4, 0.5) is 18.9 Å². The number of hydrogen-bond acceptors (Lipinski definition) is 3. The van der Waals surface area contributed by atoms with Gasteiger partial charge in [0.1, 0.15) is 6.07 Å². The molecule has 1 N–H and O–H groups in total. The van der Waals surface area contributed by atoms with Crippen molar-refractivity contribution in [2.24, 2.45) is 0 Å². The van der Waals surface area contributed by atoms with Crippen molar-refractivity contribution in [1.29, 1.82) is 5.26 Å². The molecule has 2 aromatic carbocycles. The molecule has 0 saturated carbocycles.